The maximum absolute atomic E-state index is 10.7. The molecule has 14 heavy (non-hydrogen) atoms. The van der Waals surface area contributed by atoms with E-state index in [2.05, 4.69) is 18.8 Å². The average molecular weight is 254 g/mol. The van der Waals surface area contributed by atoms with Gasteiger partial charge in [-0.05, 0) is 6.42 Å². The van der Waals surface area contributed by atoms with Gasteiger partial charge in [-0.15, -0.1) is 11.3 Å². The summed E-state index contributed by atoms with van der Waals surface area (Å²) >= 11 is 1.55. The lowest BCUT2D eigenvalue weighted by Gasteiger charge is -1.96. The van der Waals surface area contributed by atoms with Crippen LogP contribution >= 0.6 is 22.0 Å². The summed E-state index contributed by atoms with van der Waals surface area (Å²) < 4.78 is 21.4. The quantitative estimate of drug-likeness (QED) is 0.774. The highest BCUT2D eigenvalue weighted by Crippen LogP contribution is 2.21. The summed E-state index contributed by atoms with van der Waals surface area (Å²) in [4.78, 5) is 5.17. The van der Waals surface area contributed by atoms with Gasteiger partial charge in [-0.3, -0.25) is 0 Å². The van der Waals surface area contributed by atoms with E-state index in [1.54, 1.807) is 17.5 Å². The number of aryl methyl sites for hydroxylation is 1. The molecule has 1 aromatic rings. The fraction of sp³-hybridized carbons (Fsp3) is 0.625. The summed E-state index contributed by atoms with van der Waals surface area (Å²) in [5.74, 6) is 0.371. The van der Waals surface area contributed by atoms with Crippen molar-refractivity contribution in [3.63, 3.8) is 0 Å². The molecule has 0 fully saturated rings. The number of aromatic nitrogens is 1. The summed E-state index contributed by atoms with van der Waals surface area (Å²) in [5, 5.41) is 1.03. The van der Waals surface area contributed by atoms with Crippen LogP contribution in [0, 0.1) is 0 Å². The molecule has 0 N–H and O–H groups in total. The highest BCUT2D eigenvalue weighted by molar-refractivity contribution is 8.13. The molecule has 1 aromatic heterocycles. The molecular weight excluding hydrogens is 242 g/mol. The van der Waals surface area contributed by atoms with Gasteiger partial charge in [0.2, 0.25) is 9.05 Å². The largest absolute Gasteiger partial charge is 0.249 e. The second kappa shape index (κ2) is 4.59. The topological polar surface area (TPSA) is 47.0 Å². The minimum atomic E-state index is -3.38. The lowest BCUT2D eigenvalue weighted by atomic mass is 10.2. The lowest BCUT2D eigenvalue weighted by molar-refractivity contribution is 0.609. The molecule has 3 nitrogen and oxygen atoms in total. The van der Waals surface area contributed by atoms with E-state index in [1.165, 1.54) is 0 Å². The monoisotopic (exact) mass is 253 g/mol. The fourth-order valence-corrected chi connectivity index (χ4v) is 2.67. The van der Waals surface area contributed by atoms with E-state index in [-0.39, 0.29) is 5.75 Å². The molecule has 0 saturated carbocycles. The van der Waals surface area contributed by atoms with Crippen LogP contribution in [0.2, 0.25) is 0 Å². The minimum Gasteiger partial charge on any atom is -0.249 e. The van der Waals surface area contributed by atoms with E-state index in [4.69, 9.17) is 10.7 Å². The number of hydrogen-bond donors (Lipinski definition) is 0. The van der Waals surface area contributed by atoms with Crippen LogP contribution in [0.3, 0.4) is 0 Å². The van der Waals surface area contributed by atoms with Gasteiger partial charge in [0.25, 0.3) is 0 Å². The second-order valence-electron chi connectivity index (χ2n) is 3.31. The maximum atomic E-state index is 10.7. The number of thiazole rings is 1. The maximum Gasteiger partial charge on any atom is 0.232 e. The van der Waals surface area contributed by atoms with E-state index in [0.717, 1.165) is 9.88 Å². The molecule has 0 aromatic carbocycles. The van der Waals surface area contributed by atoms with E-state index >= 15 is 0 Å². The molecule has 1 rings (SSSR count). The summed E-state index contributed by atoms with van der Waals surface area (Å²) in [6.45, 7) is 4.11. The summed E-state index contributed by atoms with van der Waals surface area (Å²) in [5.41, 5.74) is 0. The van der Waals surface area contributed by atoms with Gasteiger partial charge >= 0.3 is 0 Å². The highest BCUT2D eigenvalue weighted by Gasteiger charge is 2.09. The molecule has 0 aliphatic rings. The van der Waals surface area contributed by atoms with Crippen LogP contribution in [0.15, 0.2) is 6.20 Å². The Hall–Kier alpha value is -0.130. The summed E-state index contributed by atoms with van der Waals surface area (Å²) in [7, 11) is 1.73. The predicted octanol–water partition coefficient (Wildman–Crippen LogP) is 2.38. The molecule has 0 bridgehead atoms. The van der Waals surface area contributed by atoms with Crippen molar-refractivity contribution in [1.82, 2.24) is 4.98 Å². The van der Waals surface area contributed by atoms with Crippen LogP contribution in [0.25, 0.3) is 0 Å². The summed E-state index contributed by atoms with van der Waals surface area (Å²) in [6.07, 6.45) is 2.18. The first-order valence-corrected chi connectivity index (χ1v) is 7.55. The van der Waals surface area contributed by atoms with Crippen LogP contribution in [-0.4, -0.2) is 19.2 Å². The molecule has 0 atom stereocenters. The lowest BCUT2D eigenvalue weighted by Crippen LogP contribution is -1.99. The molecule has 80 valence electrons. The average Bonchev–Trinajstić information content (AvgIpc) is 2.47. The molecule has 0 spiro atoms. The molecule has 0 aliphatic heterocycles. The standard InChI is InChI=1S/C8H12ClNO2S2/c1-6(2)8-10-5-7(13-8)3-4-14(9,11)12/h5-6H,3-4H2,1-2H3. The third kappa shape index (κ3) is 3.94. The third-order valence-electron chi connectivity index (χ3n) is 1.66. The molecular formula is C8H12ClNO2S2. The van der Waals surface area contributed by atoms with Crippen LogP contribution < -0.4 is 0 Å². The van der Waals surface area contributed by atoms with Gasteiger partial charge in [0, 0.05) is 27.7 Å². The van der Waals surface area contributed by atoms with Crippen molar-refractivity contribution in [3.05, 3.63) is 16.1 Å². The first kappa shape index (κ1) is 11.9. The minimum absolute atomic E-state index is 0.0196. The zero-order valence-electron chi connectivity index (χ0n) is 8.03. The predicted molar refractivity (Wildman–Crippen MR) is 59.5 cm³/mol. The Morgan fingerprint density at radius 2 is 2.21 bits per heavy atom. The van der Waals surface area contributed by atoms with Gasteiger partial charge in [0.1, 0.15) is 0 Å². The Morgan fingerprint density at radius 3 is 2.64 bits per heavy atom. The first-order chi connectivity index (χ1) is 6.38. The number of rotatable bonds is 4. The molecule has 0 radical (unpaired) electrons. The number of nitrogens with zero attached hydrogens (tertiary/aromatic N) is 1. The third-order valence-corrected chi connectivity index (χ3v) is 4.17. The van der Waals surface area contributed by atoms with Crippen LogP contribution in [0.1, 0.15) is 29.7 Å². The number of hydrogen-bond acceptors (Lipinski definition) is 4. The number of halogens is 1. The van der Waals surface area contributed by atoms with Gasteiger partial charge in [-0.25, -0.2) is 13.4 Å². The van der Waals surface area contributed by atoms with E-state index in [0.29, 0.717) is 12.3 Å². The highest BCUT2D eigenvalue weighted by atomic mass is 35.7. The van der Waals surface area contributed by atoms with Crippen LogP contribution in [-0.2, 0) is 15.5 Å². The fourth-order valence-electron chi connectivity index (χ4n) is 0.928. The molecule has 0 unspecified atom stereocenters. The zero-order valence-corrected chi connectivity index (χ0v) is 10.4. The van der Waals surface area contributed by atoms with Crippen molar-refractivity contribution in [2.45, 2.75) is 26.2 Å². The van der Waals surface area contributed by atoms with Crippen molar-refractivity contribution in [2.24, 2.45) is 0 Å². The van der Waals surface area contributed by atoms with E-state index in [1.807, 2.05) is 0 Å². The second-order valence-corrected chi connectivity index (χ2v) is 7.36. The Labute approximate surface area is 92.5 Å². The van der Waals surface area contributed by atoms with E-state index in [9.17, 15) is 8.42 Å². The van der Waals surface area contributed by atoms with Crippen LogP contribution in [0.4, 0.5) is 0 Å². The van der Waals surface area contributed by atoms with Crippen molar-refractivity contribution >= 4 is 31.1 Å². The molecule has 6 heteroatoms. The molecule has 0 amide bonds. The Bertz CT molecular complexity index is 397. The summed E-state index contributed by atoms with van der Waals surface area (Å²) in [6, 6.07) is 0. The van der Waals surface area contributed by atoms with Gasteiger partial charge in [0.15, 0.2) is 0 Å². The Kier molecular flexibility index (Phi) is 3.92. The van der Waals surface area contributed by atoms with Crippen molar-refractivity contribution < 1.29 is 8.42 Å². The normalized spacial score (nSPS) is 12.3. The van der Waals surface area contributed by atoms with Gasteiger partial charge in [-0.1, -0.05) is 13.8 Å². The Balaban J connectivity index is 2.61. The molecule has 0 aliphatic carbocycles. The van der Waals surface area contributed by atoms with Crippen molar-refractivity contribution in [2.75, 3.05) is 5.75 Å². The molecule has 0 saturated heterocycles. The van der Waals surface area contributed by atoms with Gasteiger partial charge < -0.3 is 0 Å². The zero-order chi connectivity index (χ0) is 10.8. The van der Waals surface area contributed by atoms with Crippen molar-refractivity contribution in [3.8, 4) is 0 Å². The molecule has 1 heterocycles. The van der Waals surface area contributed by atoms with Gasteiger partial charge in [0.05, 0.1) is 10.8 Å². The van der Waals surface area contributed by atoms with Gasteiger partial charge in [-0.2, -0.15) is 0 Å². The van der Waals surface area contributed by atoms with E-state index < -0.39 is 9.05 Å². The first-order valence-electron chi connectivity index (χ1n) is 4.25. The van der Waals surface area contributed by atoms with Crippen LogP contribution in [0.5, 0.6) is 0 Å². The Morgan fingerprint density at radius 1 is 1.57 bits per heavy atom. The SMILES string of the molecule is CC(C)c1ncc(CCS(=O)(=O)Cl)s1. The van der Waals surface area contributed by atoms with Crippen molar-refractivity contribution in [1.29, 1.82) is 0 Å². The smallest absolute Gasteiger partial charge is 0.232 e.